The second kappa shape index (κ2) is 6.27. The molecule has 0 aliphatic carbocycles. The van der Waals surface area contributed by atoms with Crippen molar-refractivity contribution in [3.05, 3.63) is 71.3 Å². The molecule has 0 amide bonds. The van der Waals surface area contributed by atoms with E-state index in [-0.39, 0.29) is 10.6 Å². The predicted molar refractivity (Wildman–Crippen MR) is 79.8 cm³/mol. The summed E-state index contributed by atoms with van der Waals surface area (Å²) in [7, 11) is -4.31. The van der Waals surface area contributed by atoms with Crippen molar-refractivity contribution in [1.82, 2.24) is 0 Å². The highest BCUT2D eigenvalue weighted by Crippen LogP contribution is 2.56. The lowest BCUT2D eigenvalue weighted by molar-refractivity contribution is -0.0856. The van der Waals surface area contributed by atoms with Crippen molar-refractivity contribution in [3.63, 3.8) is 0 Å². The van der Waals surface area contributed by atoms with Crippen molar-refractivity contribution in [2.75, 3.05) is 0 Å². The highest BCUT2D eigenvalue weighted by Gasteiger charge is 2.43. The molecular formula is C15H10ClF4OP. The first kappa shape index (κ1) is 16.8. The third-order valence-corrected chi connectivity index (χ3v) is 6.29. The lowest BCUT2D eigenvalue weighted by Crippen LogP contribution is -2.19. The molecule has 1 nitrogen and oxygen atoms in total. The van der Waals surface area contributed by atoms with Gasteiger partial charge in [-0.15, -0.1) is 0 Å². The topological polar surface area (TPSA) is 17.1 Å². The third-order valence-electron chi connectivity index (χ3n) is 2.95. The Labute approximate surface area is 129 Å². The van der Waals surface area contributed by atoms with E-state index in [1.54, 1.807) is 12.1 Å². The summed E-state index contributed by atoms with van der Waals surface area (Å²) in [4.78, 5) is 0. The van der Waals surface area contributed by atoms with Gasteiger partial charge in [0, 0.05) is 10.6 Å². The van der Waals surface area contributed by atoms with Gasteiger partial charge in [-0.3, -0.25) is 0 Å². The fourth-order valence-corrected chi connectivity index (χ4v) is 4.60. The monoisotopic (exact) mass is 348 g/mol. The summed E-state index contributed by atoms with van der Waals surface area (Å²) in [6, 6.07) is 14.3. The van der Waals surface area contributed by atoms with Gasteiger partial charge in [-0.05, 0) is 0 Å². The number of hydrogen-bond donors (Lipinski definition) is 0. The van der Waals surface area contributed by atoms with Crippen LogP contribution >= 0.6 is 18.7 Å². The first-order chi connectivity index (χ1) is 10.3. The molecule has 0 radical (unpaired) electrons. The minimum absolute atomic E-state index is 0.0545. The van der Waals surface area contributed by atoms with Crippen LogP contribution in [0.25, 0.3) is 0 Å². The van der Waals surface area contributed by atoms with Gasteiger partial charge in [-0.2, -0.15) is 13.2 Å². The van der Waals surface area contributed by atoms with Crippen molar-refractivity contribution < 1.29 is 22.1 Å². The van der Waals surface area contributed by atoms with Crippen LogP contribution in [0.5, 0.6) is 0 Å². The van der Waals surface area contributed by atoms with Crippen molar-refractivity contribution >= 4 is 29.4 Å². The molecule has 0 bridgehead atoms. The van der Waals surface area contributed by atoms with Gasteiger partial charge in [-0.25, -0.2) is 4.39 Å². The van der Waals surface area contributed by atoms with Gasteiger partial charge in [0.2, 0.25) is 0 Å². The van der Waals surface area contributed by atoms with Crippen molar-refractivity contribution in [2.45, 2.75) is 6.18 Å². The number of rotatable bonds is 3. The van der Waals surface area contributed by atoms with Crippen LogP contribution in [0.2, 0.25) is 0 Å². The van der Waals surface area contributed by atoms with Crippen LogP contribution in [0.1, 0.15) is 0 Å². The Hall–Kier alpha value is -1.58. The Morgan fingerprint density at radius 3 is 1.55 bits per heavy atom. The number of benzene rings is 2. The molecule has 0 saturated heterocycles. The van der Waals surface area contributed by atoms with Gasteiger partial charge in [0.1, 0.15) is 0 Å². The summed E-state index contributed by atoms with van der Waals surface area (Å²) in [5.74, 6) is 0. The normalized spacial score (nSPS) is 13.7. The molecule has 2 aromatic rings. The van der Waals surface area contributed by atoms with Gasteiger partial charge < -0.3 is 4.57 Å². The standard InChI is InChI=1S/C15H10ClF4OP/c16-13(15(18,19)20)14(17)22(21,11-7-3-1-4-8-11)12-9-5-2-6-10-12/h1-10H/b14-13+. The molecule has 0 heterocycles. The molecule has 0 saturated carbocycles. The van der Waals surface area contributed by atoms with E-state index in [4.69, 9.17) is 11.6 Å². The Balaban J connectivity index is 2.77. The van der Waals surface area contributed by atoms with Crippen LogP contribution in [-0.4, -0.2) is 6.18 Å². The lowest BCUT2D eigenvalue weighted by Gasteiger charge is -2.19. The predicted octanol–water partition coefficient (Wildman–Crippen LogP) is 4.94. The zero-order valence-corrected chi connectivity index (χ0v) is 12.7. The van der Waals surface area contributed by atoms with E-state index >= 15 is 0 Å². The summed E-state index contributed by atoms with van der Waals surface area (Å²) >= 11 is 5.10. The zero-order valence-electron chi connectivity index (χ0n) is 11.0. The smallest absolute Gasteiger partial charge is 0.306 e. The number of alkyl halides is 3. The maximum absolute atomic E-state index is 14.5. The van der Waals surface area contributed by atoms with Crippen LogP contribution in [0.4, 0.5) is 17.6 Å². The van der Waals surface area contributed by atoms with E-state index in [1.807, 2.05) is 0 Å². The largest absolute Gasteiger partial charge is 0.429 e. The van der Waals surface area contributed by atoms with Crippen molar-refractivity contribution in [1.29, 1.82) is 0 Å². The molecule has 116 valence electrons. The minimum Gasteiger partial charge on any atom is -0.306 e. The molecule has 2 aromatic carbocycles. The van der Waals surface area contributed by atoms with Crippen LogP contribution in [-0.2, 0) is 4.57 Å². The fraction of sp³-hybridized carbons (Fsp3) is 0.0667. The maximum Gasteiger partial charge on any atom is 0.429 e. The highest BCUT2D eigenvalue weighted by molar-refractivity contribution is 7.82. The summed E-state index contributed by atoms with van der Waals surface area (Å²) in [5, 5.41) is -2.11. The van der Waals surface area contributed by atoms with E-state index in [0.717, 1.165) is 0 Å². The Morgan fingerprint density at radius 2 is 1.23 bits per heavy atom. The van der Waals surface area contributed by atoms with Crippen LogP contribution in [0.15, 0.2) is 71.3 Å². The van der Waals surface area contributed by atoms with Crippen molar-refractivity contribution in [2.24, 2.45) is 0 Å². The minimum atomic E-state index is -5.11. The summed E-state index contributed by atoms with van der Waals surface area (Å²) in [5.41, 5.74) is -1.86. The molecule has 0 N–H and O–H groups in total. The molecule has 0 aliphatic rings. The average molecular weight is 349 g/mol. The van der Waals surface area contributed by atoms with E-state index in [0.29, 0.717) is 0 Å². The number of halogens is 5. The second-order valence-electron chi connectivity index (χ2n) is 4.38. The first-order valence-electron chi connectivity index (χ1n) is 6.12. The third kappa shape index (κ3) is 3.11. The number of hydrogen-bond acceptors (Lipinski definition) is 1. The van der Waals surface area contributed by atoms with E-state index in [1.165, 1.54) is 48.5 Å². The van der Waals surface area contributed by atoms with E-state index in [9.17, 15) is 22.1 Å². The molecule has 0 aliphatic heterocycles. The molecule has 0 atom stereocenters. The zero-order chi connectivity index (χ0) is 16.4. The Kier molecular flexibility index (Phi) is 4.78. The maximum atomic E-state index is 14.5. The molecule has 0 unspecified atom stereocenters. The number of allylic oxidation sites excluding steroid dienone is 1. The van der Waals surface area contributed by atoms with Gasteiger partial charge in [0.15, 0.2) is 17.7 Å². The van der Waals surface area contributed by atoms with Gasteiger partial charge in [0.05, 0.1) is 0 Å². The molecule has 0 fully saturated rings. The highest BCUT2D eigenvalue weighted by atomic mass is 35.5. The lowest BCUT2D eigenvalue weighted by atomic mass is 10.4. The first-order valence-corrected chi connectivity index (χ1v) is 8.20. The van der Waals surface area contributed by atoms with E-state index < -0.39 is 23.9 Å². The molecule has 22 heavy (non-hydrogen) atoms. The van der Waals surface area contributed by atoms with Crippen LogP contribution in [0.3, 0.4) is 0 Å². The second-order valence-corrected chi connectivity index (χ2v) is 7.40. The van der Waals surface area contributed by atoms with Crippen LogP contribution < -0.4 is 10.6 Å². The molecule has 2 rings (SSSR count). The summed E-state index contributed by atoms with van der Waals surface area (Å²) < 4.78 is 65.8. The average Bonchev–Trinajstić information content (AvgIpc) is 2.53. The quantitative estimate of drug-likeness (QED) is 0.567. The SMILES string of the molecule is O=P(/C(F)=C(/Cl)C(F)(F)F)(c1ccccc1)c1ccccc1. The van der Waals surface area contributed by atoms with Gasteiger partial charge >= 0.3 is 6.18 Å². The fourth-order valence-electron chi connectivity index (χ4n) is 1.91. The molecule has 7 heteroatoms. The van der Waals surface area contributed by atoms with Gasteiger partial charge in [0.25, 0.3) is 0 Å². The van der Waals surface area contributed by atoms with Crippen molar-refractivity contribution in [3.8, 4) is 0 Å². The van der Waals surface area contributed by atoms with Crippen LogP contribution in [0, 0.1) is 0 Å². The summed E-state index contributed by atoms with van der Waals surface area (Å²) in [6.07, 6.45) is -5.11. The van der Waals surface area contributed by atoms with Gasteiger partial charge in [-0.1, -0.05) is 72.3 Å². The molecule has 0 spiro atoms. The molecular weight excluding hydrogens is 339 g/mol. The molecule has 0 aromatic heterocycles. The Morgan fingerprint density at radius 1 is 0.864 bits per heavy atom. The Bertz CT molecular complexity index is 683. The summed E-state index contributed by atoms with van der Waals surface area (Å²) in [6.45, 7) is 0. The van der Waals surface area contributed by atoms with E-state index in [2.05, 4.69) is 0 Å².